The van der Waals surface area contributed by atoms with Crippen LogP contribution in [0, 0.1) is 17.8 Å². The minimum Gasteiger partial charge on any atom is -0.481 e. The minimum absolute atomic E-state index is 0.0141. The molecule has 0 aromatic carbocycles. The number of nitrogens with two attached hydrogens (primary N) is 5. The summed E-state index contributed by atoms with van der Waals surface area (Å²) in [6, 6.07) is -11.0. The summed E-state index contributed by atoms with van der Waals surface area (Å²) in [4.78, 5) is 138. The van der Waals surface area contributed by atoms with Gasteiger partial charge in [-0.15, -0.1) is 0 Å². The molecule has 0 bridgehead atoms. The summed E-state index contributed by atoms with van der Waals surface area (Å²) in [5.74, 6) is -8.75. The van der Waals surface area contributed by atoms with Crippen LogP contribution < -0.4 is 65.9 Å². The van der Waals surface area contributed by atoms with Gasteiger partial charge in [0.1, 0.15) is 48.3 Å². The molecule has 28 nitrogen and oxygen atoms in total. The highest BCUT2D eigenvalue weighted by Crippen LogP contribution is 2.20. The Labute approximate surface area is 443 Å². The van der Waals surface area contributed by atoms with Crippen LogP contribution in [0.4, 0.5) is 0 Å². The number of nitrogens with zero attached hydrogens (tertiary/aromatic N) is 3. The number of amides is 8. The van der Waals surface area contributed by atoms with Crippen LogP contribution in [0.3, 0.4) is 0 Å². The van der Waals surface area contributed by atoms with E-state index >= 15 is 0 Å². The molecule has 9 atom stereocenters. The first-order valence-corrected chi connectivity index (χ1v) is 25.5. The van der Waals surface area contributed by atoms with E-state index in [1.807, 2.05) is 27.7 Å². The van der Waals surface area contributed by atoms with Gasteiger partial charge in [0.25, 0.3) is 5.97 Å². The van der Waals surface area contributed by atoms with E-state index in [0.717, 1.165) is 6.92 Å². The summed E-state index contributed by atoms with van der Waals surface area (Å²) in [6.07, 6.45) is 1.41. The predicted octanol–water partition coefficient (Wildman–Crippen LogP) is -3.94. The highest BCUT2D eigenvalue weighted by atomic mass is 32.1. The maximum absolute atomic E-state index is 13.9. The van der Waals surface area contributed by atoms with Gasteiger partial charge in [0.2, 0.25) is 47.3 Å². The fourth-order valence-corrected chi connectivity index (χ4v) is 7.65. The molecule has 20 N–H and O–H groups in total. The summed E-state index contributed by atoms with van der Waals surface area (Å²) in [5, 5.41) is 45.5. The topological polar surface area (TPSA) is 474 Å². The molecule has 1 rings (SSSR count). The van der Waals surface area contributed by atoms with Crippen LogP contribution in [0.1, 0.15) is 113 Å². The molecule has 0 aliphatic carbocycles. The number of likely N-dealkylation sites (tertiary alicyclic amines) is 1. The minimum atomic E-state index is -1.60. The standard InChI is InChI=1S/C44H81N15O11S.C2H4O2/c1-22(2)17-29(55-34(61)26(45)21-71)36(63)56-30(18-23(3)4)37(64)57-31(19-24(5)6)38(65)58-32(20-60)39(66)52-25(7)41(68)59-16-10-13-33(59)40(67)53-27(11-8-14-50-43(46)47)35(62)54-28(42(69)70)12-9-15-51-44(48)49;1-2(3)4/h22-33,60,71H,8-21,45H2,1-7H3,(H,52,66)(H,53,67)(H,54,62)(H,55,61)(H,56,63)(H,57,64)(H,58,65)(H,69,70)(H4,46,47,50)(H4,48,49,51);1H3,(H,3,4). The van der Waals surface area contributed by atoms with Crippen molar-refractivity contribution in [3.8, 4) is 0 Å². The number of carboxylic acids is 2. The number of aliphatic hydroxyl groups excluding tert-OH is 1. The molecule has 428 valence electrons. The molecule has 29 heteroatoms. The zero-order chi connectivity index (χ0) is 57.7. The Hall–Kier alpha value is -6.49. The molecule has 1 heterocycles. The maximum atomic E-state index is 13.9. The van der Waals surface area contributed by atoms with Gasteiger partial charge in [-0.05, 0) is 82.5 Å². The lowest BCUT2D eigenvalue weighted by atomic mass is 9.98. The molecule has 75 heavy (non-hydrogen) atoms. The SMILES string of the molecule is CC(=O)O.CC(C)CC(NC(=O)C(N)CS)C(=O)NC(CC(C)C)C(=O)NC(CC(C)C)C(=O)NC(CO)C(=O)NC(C)C(=O)N1CCCC1C(=O)NC(CCCN=C(N)N)C(=O)NC(CCCN=C(N)N)C(=O)O. The lowest BCUT2D eigenvalue weighted by Crippen LogP contribution is -2.60. The molecule has 8 amide bonds. The molecule has 1 aliphatic heterocycles. The number of carbonyl (C=O) groups is 10. The Morgan fingerprint density at radius 1 is 0.587 bits per heavy atom. The van der Waals surface area contributed by atoms with E-state index in [0.29, 0.717) is 6.42 Å². The van der Waals surface area contributed by atoms with Crippen molar-refractivity contribution in [2.24, 2.45) is 56.4 Å². The zero-order valence-electron chi connectivity index (χ0n) is 44.4. The first-order chi connectivity index (χ1) is 34.9. The third-order valence-electron chi connectivity index (χ3n) is 11.1. The Morgan fingerprint density at radius 3 is 1.35 bits per heavy atom. The number of aliphatic hydroxyl groups is 1. The smallest absolute Gasteiger partial charge is 0.326 e. The quantitative estimate of drug-likeness (QED) is 0.0132. The van der Waals surface area contributed by atoms with Crippen LogP contribution in [0.2, 0.25) is 0 Å². The van der Waals surface area contributed by atoms with E-state index in [-0.39, 0.29) is 106 Å². The van der Waals surface area contributed by atoms with Gasteiger partial charge in [-0.2, -0.15) is 12.6 Å². The van der Waals surface area contributed by atoms with E-state index in [4.69, 9.17) is 38.6 Å². The summed E-state index contributed by atoms with van der Waals surface area (Å²) in [7, 11) is 0. The number of rotatable bonds is 32. The molecule has 9 unspecified atom stereocenters. The molecule has 0 spiro atoms. The molecule has 0 radical (unpaired) electrons. The van der Waals surface area contributed by atoms with Crippen molar-refractivity contribution < 1.29 is 63.3 Å². The molecular formula is C46H85N15O13S. The number of aliphatic carboxylic acids is 2. The van der Waals surface area contributed by atoms with Crippen molar-refractivity contribution in [3.05, 3.63) is 0 Å². The van der Waals surface area contributed by atoms with Crippen molar-refractivity contribution in [3.63, 3.8) is 0 Å². The van der Waals surface area contributed by atoms with Gasteiger partial charge in [-0.3, -0.25) is 53.1 Å². The van der Waals surface area contributed by atoms with Crippen molar-refractivity contribution in [2.75, 3.05) is 32.0 Å². The number of thiol groups is 1. The van der Waals surface area contributed by atoms with Gasteiger partial charge in [0, 0.05) is 32.3 Å². The molecule has 1 fully saturated rings. The van der Waals surface area contributed by atoms with E-state index in [9.17, 15) is 53.4 Å². The lowest BCUT2D eigenvalue weighted by Gasteiger charge is -2.30. The second-order valence-corrected chi connectivity index (χ2v) is 19.8. The first kappa shape index (κ1) is 68.5. The Morgan fingerprint density at radius 2 is 0.960 bits per heavy atom. The third kappa shape index (κ3) is 28.1. The van der Waals surface area contributed by atoms with E-state index in [1.165, 1.54) is 11.8 Å². The molecule has 1 aliphatic rings. The van der Waals surface area contributed by atoms with Crippen molar-refractivity contribution in [1.29, 1.82) is 0 Å². The van der Waals surface area contributed by atoms with Gasteiger partial charge in [-0.25, -0.2) is 4.79 Å². The third-order valence-corrected chi connectivity index (χ3v) is 11.5. The van der Waals surface area contributed by atoms with Crippen LogP contribution >= 0.6 is 12.6 Å². The molecule has 0 aromatic heterocycles. The van der Waals surface area contributed by atoms with E-state index in [1.54, 1.807) is 13.8 Å². The highest BCUT2D eigenvalue weighted by Gasteiger charge is 2.39. The van der Waals surface area contributed by atoms with Gasteiger partial charge < -0.3 is 86.1 Å². The largest absolute Gasteiger partial charge is 0.481 e. The maximum Gasteiger partial charge on any atom is 0.326 e. The van der Waals surface area contributed by atoms with Crippen LogP contribution in [-0.2, 0) is 47.9 Å². The summed E-state index contributed by atoms with van der Waals surface area (Å²) in [6.45, 7) is 12.8. The Bertz CT molecular complexity index is 1960. The highest BCUT2D eigenvalue weighted by molar-refractivity contribution is 7.80. The number of hydrogen-bond acceptors (Lipinski definition) is 15. The van der Waals surface area contributed by atoms with Crippen LogP contribution in [0.25, 0.3) is 0 Å². The number of carbonyl (C=O) groups excluding carboxylic acids is 8. The van der Waals surface area contributed by atoms with Gasteiger partial charge >= 0.3 is 5.97 Å². The predicted molar refractivity (Wildman–Crippen MR) is 282 cm³/mol. The van der Waals surface area contributed by atoms with Gasteiger partial charge in [-0.1, -0.05) is 41.5 Å². The monoisotopic (exact) mass is 1090 g/mol. The van der Waals surface area contributed by atoms with Crippen molar-refractivity contribution in [2.45, 2.75) is 168 Å². The summed E-state index contributed by atoms with van der Waals surface area (Å²) < 4.78 is 0. The molecule has 1 saturated heterocycles. The number of hydrogen-bond donors (Lipinski definition) is 16. The zero-order valence-corrected chi connectivity index (χ0v) is 45.3. The fraction of sp³-hybridized carbons (Fsp3) is 0.739. The second-order valence-electron chi connectivity index (χ2n) is 19.4. The van der Waals surface area contributed by atoms with Gasteiger partial charge in [0.05, 0.1) is 12.6 Å². The van der Waals surface area contributed by atoms with Crippen LogP contribution in [-0.4, -0.2) is 178 Å². The second kappa shape index (κ2) is 35.7. The lowest BCUT2D eigenvalue weighted by molar-refractivity contribution is -0.143. The normalized spacial score (nSPS) is 16.2. The molecular weight excluding hydrogens is 1000 g/mol. The number of aliphatic imine (C=N–C) groups is 2. The fourth-order valence-electron chi connectivity index (χ4n) is 7.48. The number of guanidine groups is 2. The average molecular weight is 1090 g/mol. The number of nitrogens with one attached hydrogen (secondary N) is 7. The van der Waals surface area contributed by atoms with Crippen LogP contribution in [0.5, 0.6) is 0 Å². The van der Waals surface area contributed by atoms with E-state index in [2.05, 4.69) is 59.8 Å². The van der Waals surface area contributed by atoms with E-state index < -0.39 is 120 Å². The Balaban J connectivity index is 0.0000132. The summed E-state index contributed by atoms with van der Waals surface area (Å²) >= 11 is 4.05. The van der Waals surface area contributed by atoms with Crippen LogP contribution in [0.15, 0.2) is 9.98 Å². The van der Waals surface area contributed by atoms with Crippen molar-refractivity contribution >= 4 is 83.7 Å². The molecule has 0 aromatic rings. The van der Waals surface area contributed by atoms with Crippen molar-refractivity contribution in [1.82, 2.24) is 42.1 Å². The van der Waals surface area contributed by atoms with Gasteiger partial charge in [0.15, 0.2) is 11.9 Å². The average Bonchev–Trinajstić information content (AvgIpc) is 3.80. The number of carboxylic acid groups (broad SMARTS) is 2. The molecule has 0 saturated carbocycles. The Kier molecular flexibility index (Phi) is 32.6. The summed E-state index contributed by atoms with van der Waals surface area (Å²) in [5.41, 5.74) is 27.3. The first-order valence-electron chi connectivity index (χ1n) is 24.9.